The molecule has 0 aliphatic carbocycles. The van der Waals surface area contributed by atoms with Crippen LogP contribution in [0.5, 0.6) is 0 Å². The predicted molar refractivity (Wildman–Crippen MR) is 276 cm³/mol. The summed E-state index contributed by atoms with van der Waals surface area (Å²) in [7, 11) is 0. The Kier molecular flexibility index (Phi) is 7.16. The molecule has 5 nitrogen and oxygen atoms in total. The standard InChI is InChI=1S/C61H36N4O/c1-2-15-39(16-3-1)63-53-32-30-38(37-29-31-51-55(33-37)65-52-26-12-10-22-45(52)44-21-8-9-24-48(44)61(65)62-51)34-56(53)64(54-27-14-25-47-46-23-11-13-28-59(46)66-60(47)54)58-36-50-43-20-7-5-18-41(43)40-17-4-6-19-42(40)49(50)35-57(58)63/h1-36H. The van der Waals surface area contributed by atoms with Crippen molar-refractivity contribution in [3.63, 3.8) is 0 Å². The smallest absolute Gasteiger partial charge is 0.159 e. The minimum Gasteiger partial charge on any atom is -0.454 e. The summed E-state index contributed by atoms with van der Waals surface area (Å²) in [5.41, 5.74) is 14.4. The molecule has 66 heavy (non-hydrogen) atoms. The molecule has 4 heterocycles. The van der Waals surface area contributed by atoms with Crippen molar-refractivity contribution in [2.45, 2.75) is 0 Å². The van der Waals surface area contributed by atoms with Crippen molar-refractivity contribution in [2.75, 3.05) is 9.80 Å². The van der Waals surface area contributed by atoms with E-state index in [1.54, 1.807) is 0 Å². The van der Waals surface area contributed by atoms with Crippen molar-refractivity contribution in [2.24, 2.45) is 0 Å². The van der Waals surface area contributed by atoms with E-state index in [0.717, 1.165) is 94.8 Å². The summed E-state index contributed by atoms with van der Waals surface area (Å²) in [6, 6.07) is 79.2. The second kappa shape index (κ2) is 13.3. The summed E-state index contributed by atoms with van der Waals surface area (Å²) in [5, 5.41) is 13.1. The lowest BCUT2D eigenvalue weighted by atomic mass is 9.91. The first-order valence-electron chi connectivity index (χ1n) is 22.5. The van der Waals surface area contributed by atoms with Crippen LogP contribution in [0.2, 0.25) is 0 Å². The van der Waals surface area contributed by atoms with Crippen LogP contribution in [-0.2, 0) is 0 Å². The third-order valence-electron chi connectivity index (χ3n) is 14.0. The molecule has 0 spiro atoms. The van der Waals surface area contributed by atoms with E-state index in [1.807, 2.05) is 6.07 Å². The number of pyridine rings is 1. The van der Waals surface area contributed by atoms with Gasteiger partial charge >= 0.3 is 0 Å². The van der Waals surface area contributed by atoms with Gasteiger partial charge in [0.2, 0.25) is 0 Å². The molecule has 11 aromatic carbocycles. The Morgan fingerprint density at radius 2 is 0.864 bits per heavy atom. The van der Waals surface area contributed by atoms with Gasteiger partial charge < -0.3 is 14.2 Å². The Balaban J connectivity index is 1.04. The third-order valence-corrected chi connectivity index (χ3v) is 14.0. The Bertz CT molecular complexity index is 4370. The fourth-order valence-electron chi connectivity index (χ4n) is 11.1. The van der Waals surface area contributed by atoms with Gasteiger partial charge in [-0.25, -0.2) is 4.98 Å². The quantitative estimate of drug-likeness (QED) is 0.166. The van der Waals surface area contributed by atoms with E-state index in [1.165, 1.54) is 43.1 Å². The zero-order chi connectivity index (χ0) is 43.0. The van der Waals surface area contributed by atoms with Crippen molar-refractivity contribution in [1.29, 1.82) is 0 Å². The predicted octanol–water partition coefficient (Wildman–Crippen LogP) is 17.1. The highest BCUT2D eigenvalue weighted by Crippen LogP contribution is 2.58. The highest BCUT2D eigenvalue weighted by Gasteiger charge is 2.34. The van der Waals surface area contributed by atoms with E-state index in [0.29, 0.717) is 0 Å². The van der Waals surface area contributed by atoms with Crippen molar-refractivity contribution in [3.05, 3.63) is 218 Å². The number of hydrogen-bond acceptors (Lipinski definition) is 4. The second-order valence-corrected chi connectivity index (χ2v) is 17.5. The summed E-state index contributed by atoms with van der Waals surface area (Å²) in [6.45, 7) is 0. The topological polar surface area (TPSA) is 36.9 Å². The van der Waals surface area contributed by atoms with Crippen LogP contribution in [0.1, 0.15) is 0 Å². The number of furan rings is 1. The number of fused-ring (bicyclic) bond motifs is 19. The van der Waals surface area contributed by atoms with Crippen LogP contribution in [0.3, 0.4) is 0 Å². The van der Waals surface area contributed by atoms with Crippen molar-refractivity contribution in [1.82, 2.24) is 9.38 Å². The van der Waals surface area contributed by atoms with Crippen LogP contribution < -0.4 is 9.80 Å². The van der Waals surface area contributed by atoms with Crippen LogP contribution in [0.4, 0.5) is 34.1 Å². The molecule has 15 rings (SSSR count). The molecule has 0 bridgehead atoms. The van der Waals surface area contributed by atoms with E-state index in [-0.39, 0.29) is 0 Å². The maximum absolute atomic E-state index is 6.89. The number of imidazole rings is 1. The first kappa shape index (κ1) is 35.5. The average molecular weight is 841 g/mol. The first-order chi connectivity index (χ1) is 32.7. The van der Waals surface area contributed by atoms with Crippen LogP contribution in [-0.4, -0.2) is 9.38 Å². The maximum atomic E-state index is 6.89. The lowest BCUT2D eigenvalue weighted by Crippen LogP contribution is -2.24. The molecular weight excluding hydrogens is 805 g/mol. The Labute approximate surface area is 378 Å². The molecule has 0 radical (unpaired) electrons. The van der Waals surface area contributed by atoms with Crippen molar-refractivity contribution >= 4 is 127 Å². The molecule has 0 unspecified atom stereocenters. The minimum atomic E-state index is 0.851. The van der Waals surface area contributed by atoms with Gasteiger partial charge in [0.25, 0.3) is 0 Å². The van der Waals surface area contributed by atoms with Crippen LogP contribution in [0.15, 0.2) is 223 Å². The molecular formula is C61H36N4O. The fraction of sp³-hybridized carbons (Fsp3) is 0. The molecule has 0 saturated carbocycles. The van der Waals surface area contributed by atoms with Gasteiger partial charge in [0, 0.05) is 27.2 Å². The van der Waals surface area contributed by atoms with E-state index >= 15 is 0 Å². The number of aromatic nitrogens is 2. The number of hydrogen-bond donors (Lipinski definition) is 0. The summed E-state index contributed by atoms with van der Waals surface area (Å²) in [6.07, 6.45) is 0. The first-order valence-corrected chi connectivity index (χ1v) is 22.5. The lowest BCUT2D eigenvalue weighted by molar-refractivity contribution is 0.669. The van der Waals surface area contributed by atoms with Gasteiger partial charge in [0.1, 0.15) is 11.2 Å². The molecule has 0 fully saturated rings. The summed E-state index contributed by atoms with van der Waals surface area (Å²) < 4.78 is 9.23. The zero-order valence-corrected chi connectivity index (χ0v) is 35.5. The molecule has 1 aliphatic heterocycles. The van der Waals surface area contributed by atoms with Crippen LogP contribution in [0.25, 0.3) is 104 Å². The highest BCUT2D eigenvalue weighted by molar-refractivity contribution is 6.27. The van der Waals surface area contributed by atoms with Gasteiger partial charge in [0.05, 0.1) is 45.0 Å². The van der Waals surface area contributed by atoms with Gasteiger partial charge in [-0.1, -0.05) is 152 Å². The monoisotopic (exact) mass is 840 g/mol. The molecule has 0 atom stereocenters. The molecule has 0 saturated heterocycles. The van der Waals surface area contributed by atoms with Crippen LogP contribution in [0, 0.1) is 0 Å². The number of anilines is 6. The average Bonchev–Trinajstić information content (AvgIpc) is 3.97. The van der Waals surface area contributed by atoms with Gasteiger partial charge in [-0.3, -0.25) is 4.40 Å². The molecule has 5 heteroatoms. The molecule has 14 aromatic rings. The Morgan fingerprint density at radius 3 is 1.61 bits per heavy atom. The highest BCUT2D eigenvalue weighted by atomic mass is 16.3. The van der Waals surface area contributed by atoms with Gasteiger partial charge in [-0.2, -0.15) is 0 Å². The molecule has 0 N–H and O–H groups in total. The molecule has 0 amide bonds. The van der Waals surface area contributed by atoms with Crippen molar-refractivity contribution in [3.8, 4) is 11.1 Å². The number of benzene rings is 11. The van der Waals surface area contributed by atoms with E-state index < -0.39 is 0 Å². The third kappa shape index (κ3) is 4.86. The zero-order valence-electron chi connectivity index (χ0n) is 35.5. The summed E-state index contributed by atoms with van der Waals surface area (Å²) in [5.74, 6) is 0. The lowest BCUT2D eigenvalue weighted by Gasteiger charge is -2.41. The molecule has 1 aliphatic rings. The van der Waals surface area contributed by atoms with Gasteiger partial charge in [-0.15, -0.1) is 0 Å². The normalized spacial score (nSPS) is 12.8. The van der Waals surface area contributed by atoms with Gasteiger partial charge in [0.15, 0.2) is 5.58 Å². The Morgan fingerprint density at radius 1 is 0.318 bits per heavy atom. The van der Waals surface area contributed by atoms with Gasteiger partial charge in [-0.05, 0) is 116 Å². The van der Waals surface area contributed by atoms with E-state index in [2.05, 4.69) is 227 Å². The summed E-state index contributed by atoms with van der Waals surface area (Å²) >= 11 is 0. The fourth-order valence-corrected chi connectivity index (χ4v) is 11.1. The summed E-state index contributed by atoms with van der Waals surface area (Å²) in [4.78, 5) is 10.2. The van der Waals surface area contributed by atoms with Crippen LogP contribution >= 0.6 is 0 Å². The maximum Gasteiger partial charge on any atom is 0.159 e. The van der Waals surface area contributed by atoms with E-state index in [9.17, 15) is 0 Å². The molecule has 306 valence electrons. The number of para-hydroxylation sites is 4. The number of rotatable bonds is 3. The molecule has 3 aromatic heterocycles. The second-order valence-electron chi connectivity index (χ2n) is 17.5. The van der Waals surface area contributed by atoms with Crippen molar-refractivity contribution < 1.29 is 4.42 Å². The Hall–Kier alpha value is -8.93. The minimum absolute atomic E-state index is 0.851. The largest absolute Gasteiger partial charge is 0.454 e. The van der Waals surface area contributed by atoms with E-state index in [4.69, 9.17) is 9.40 Å². The number of nitrogens with zero attached hydrogens (tertiary/aromatic N) is 4. The SMILES string of the molecule is c1ccc(N2c3ccc(-c4ccc5nc6c7ccccc7c7ccccc7n6c5c4)cc3N(c3cccc4c3oc3ccccc34)c3cc4c5ccccc5c5ccccc5c4cc32)cc1.